The number of para-hydroxylation sites is 2. The number of amides is 1. The lowest BCUT2D eigenvalue weighted by atomic mass is 10.0. The molecule has 4 aromatic carbocycles. The molecule has 0 aliphatic rings. The van der Waals surface area contributed by atoms with Crippen molar-refractivity contribution in [1.82, 2.24) is 4.98 Å². The van der Waals surface area contributed by atoms with Crippen molar-refractivity contribution in [2.45, 2.75) is 0 Å². The van der Waals surface area contributed by atoms with E-state index >= 15 is 0 Å². The fourth-order valence-corrected chi connectivity index (χ4v) is 4.67. The molecule has 1 heterocycles. The molecule has 1 aromatic heterocycles. The molecule has 0 bridgehead atoms. The van der Waals surface area contributed by atoms with Crippen LogP contribution in [-0.4, -0.2) is 10.9 Å². The van der Waals surface area contributed by atoms with E-state index in [1.165, 1.54) is 0 Å². The summed E-state index contributed by atoms with van der Waals surface area (Å²) in [6, 6.07) is 27.0. The van der Waals surface area contributed by atoms with Gasteiger partial charge in [0.2, 0.25) is 0 Å². The number of hydrogen-bond donors (Lipinski definition) is 1. The average Bonchev–Trinajstić information content (AvgIpc) is 3.18. The van der Waals surface area contributed by atoms with Gasteiger partial charge in [0, 0.05) is 21.5 Å². The van der Waals surface area contributed by atoms with Crippen LogP contribution in [0.15, 0.2) is 84.9 Å². The molecule has 0 radical (unpaired) electrons. The fraction of sp³-hybridized carbons (Fsp3) is 0. The van der Waals surface area contributed by atoms with Crippen molar-refractivity contribution in [1.29, 1.82) is 0 Å². The molecule has 5 heteroatoms. The standard InChI is InChI=1S/C24H15ClN2OS/c25-19-11-6-8-15-16(19)9-5-10-17(15)23(28)26-20-12-2-1-7-18(20)24-27-21-13-3-4-14-22(21)29-24/h1-14H,(H,26,28). The van der Waals surface area contributed by atoms with Crippen LogP contribution in [0.5, 0.6) is 0 Å². The summed E-state index contributed by atoms with van der Waals surface area (Å²) in [4.78, 5) is 17.9. The molecule has 1 N–H and O–H groups in total. The second kappa shape index (κ2) is 7.32. The summed E-state index contributed by atoms with van der Waals surface area (Å²) in [6.45, 7) is 0. The summed E-state index contributed by atoms with van der Waals surface area (Å²) in [5.41, 5.74) is 3.18. The van der Waals surface area contributed by atoms with Gasteiger partial charge in [-0.15, -0.1) is 11.3 Å². The smallest absolute Gasteiger partial charge is 0.256 e. The summed E-state index contributed by atoms with van der Waals surface area (Å²) >= 11 is 7.91. The molecule has 3 nitrogen and oxygen atoms in total. The van der Waals surface area contributed by atoms with Gasteiger partial charge in [-0.25, -0.2) is 4.98 Å². The zero-order valence-electron chi connectivity index (χ0n) is 15.2. The van der Waals surface area contributed by atoms with Gasteiger partial charge in [-0.3, -0.25) is 4.79 Å². The Hall–Kier alpha value is -3.21. The fourth-order valence-electron chi connectivity index (χ4n) is 3.43. The summed E-state index contributed by atoms with van der Waals surface area (Å²) in [5.74, 6) is -0.175. The molecule has 0 unspecified atom stereocenters. The first-order valence-electron chi connectivity index (χ1n) is 9.14. The maximum absolute atomic E-state index is 13.1. The highest BCUT2D eigenvalue weighted by Gasteiger charge is 2.15. The van der Waals surface area contributed by atoms with Gasteiger partial charge in [-0.2, -0.15) is 0 Å². The topological polar surface area (TPSA) is 42.0 Å². The third kappa shape index (κ3) is 3.27. The highest BCUT2D eigenvalue weighted by molar-refractivity contribution is 7.21. The number of carbonyl (C=O) groups excluding carboxylic acids is 1. The monoisotopic (exact) mass is 414 g/mol. The van der Waals surface area contributed by atoms with Crippen molar-refractivity contribution in [3.05, 3.63) is 95.5 Å². The molecule has 0 spiro atoms. The van der Waals surface area contributed by atoms with Crippen LogP contribution < -0.4 is 5.32 Å². The lowest BCUT2D eigenvalue weighted by Gasteiger charge is -2.11. The highest BCUT2D eigenvalue weighted by Crippen LogP contribution is 2.35. The SMILES string of the molecule is O=C(Nc1ccccc1-c1nc2ccccc2s1)c1cccc2c(Cl)cccc12. The van der Waals surface area contributed by atoms with E-state index in [0.29, 0.717) is 10.6 Å². The predicted molar refractivity (Wildman–Crippen MR) is 122 cm³/mol. The van der Waals surface area contributed by atoms with Crippen molar-refractivity contribution in [3.8, 4) is 10.6 Å². The molecule has 5 rings (SSSR count). The first-order valence-corrected chi connectivity index (χ1v) is 10.3. The molecule has 0 atom stereocenters. The molecular weight excluding hydrogens is 400 g/mol. The van der Waals surface area contributed by atoms with E-state index in [1.807, 2.05) is 78.9 Å². The zero-order valence-corrected chi connectivity index (χ0v) is 16.8. The number of hydrogen-bond acceptors (Lipinski definition) is 3. The van der Waals surface area contributed by atoms with Crippen LogP contribution in [-0.2, 0) is 0 Å². The quantitative estimate of drug-likeness (QED) is 0.344. The number of carbonyl (C=O) groups is 1. The number of rotatable bonds is 3. The normalized spacial score (nSPS) is 11.1. The molecule has 0 aliphatic carbocycles. The second-order valence-electron chi connectivity index (χ2n) is 6.63. The van der Waals surface area contributed by atoms with Crippen molar-refractivity contribution in [3.63, 3.8) is 0 Å². The Kier molecular flexibility index (Phi) is 4.51. The number of benzene rings is 4. The number of fused-ring (bicyclic) bond motifs is 2. The van der Waals surface area contributed by atoms with Gasteiger partial charge in [-0.05, 0) is 41.8 Å². The van der Waals surface area contributed by atoms with Gasteiger partial charge >= 0.3 is 0 Å². The minimum atomic E-state index is -0.175. The molecule has 0 aliphatic heterocycles. The van der Waals surface area contributed by atoms with Crippen LogP contribution in [0.3, 0.4) is 0 Å². The van der Waals surface area contributed by atoms with Crippen molar-refractivity contribution >= 4 is 55.5 Å². The van der Waals surface area contributed by atoms with E-state index in [9.17, 15) is 4.79 Å². The van der Waals surface area contributed by atoms with Gasteiger partial charge in [0.1, 0.15) is 5.01 Å². The van der Waals surface area contributed by atoms with Crippen LogP contribution >= 0.6 is 22.9 Å². The van der Waals surface area contributed by atoms with E-state index in [2.05, 4.69) is 11.4 Å². The van der Waals surface area contributed by atoms with E-state index in [0.717, 1.165) is 37.2 Å². The van der Waals surface area contributed by atoms with E-state index in [1.54, 1.807) is 11.3 Å². The van der Waals surface area contributed by atoms with Crippen LogP contribution in [0, 0.1) is 0 Å². The minimum Gasteiger partial charge on any atom is -0.321 e. The lowest BCUT2D eigenvalue weighted by molar-refractivity contribution is 0.102. The van der Waals surface area contributed by atoms with Crippen LogP contribution in [0.25, 0.3) is 31.6 Å². The zero-order chi connectivity index (χ0) is 19.8. The average molecular weight is 415 g/mol. The number of nitrogens with one attached hydrogen (secondary N) is 1. The minimum absolute atomic E-state index is 0.175. The summed E-state index contributed by atoms with van der Waals surface area (Å²) in [6.07, 6.45) is 0. The largest absolute Gasteiger partial charge is 0.321 e. The maximum atomic E-state index is 13.1. The summed E-state index contributed by atoms with van der Waals surface area (Å²) in [5, 5.41) is 6.27. The number of anilines is 1. The van der Waals surface area contributed by atoms with Gasteiger partial charge in [0.15, 0.2) is 0 Å². The molecule has 0 saturated heterocycles. The summed E-state index contributed by atoms with van der Waals surface area (Å²) in [7, 11) is 0. The Balaban J connectivity index is 1.55. The van der Waals surface area contributed by atoms with Gasteiger partial charge in [0.05, 0.1) is 15.9 Å². The number of thiazole rings is 1. The van der Waals surface area contributed by atoms with E-state index in [-0.39, 0.29) is 5.91 Å². The highest BCUT2D eigenvalue weighted by atomic mass is 35.5. The summed E-state index contributed by atoms with van der Waals surface area (Å²) < 4.78 is 1.12. The third-order valence-electron chi connectivity index (χ3n) is 4.81. The second-order valence-corrected chi connectivity index (χ2v) is 8.06. The first kappa shape index (κ1) is 17.9. The molecular formula is C24H15ClN2OS. The number of halogens is 1. The third-order valence-corrected chi connectivity index (χ3v) is 6.21. The van der Waals surface area contributed by atoms with Crippen LogP contribution in [0.1, 0.15) is 10.4 Å². The predicted octanol–water partition coefficient (Wildman–Crippen LogP) is 7.02. The Morgan fingerprint density at radius 3 is 2.48 bits per heavy atom. The Morgan fingerprint density at radius 2 is 1.59 bits per heavy atom. The lowest BCUT2D eigenvalue weighted by Crippen LogP contribution is -2.13. The molecule has 140 valence electrons. The van der Waals surface area contributed by atoms with Crippen LogP contribution in [0.2, 0.25) is 5.02 Å². The molecule has 0 fully saturated rings. The van der Waals surface area contributed by atoms with Gasteiger partial charge in [-0.1, -0.05) is 60.1 Å². The van der Waals surface area contributed by atoms with Crippen molar-refractivity contribution < 1.29 is 4.79 Å². The first-order chi connectivity index (χ1) is 14.2. The Bertz CT molecular complexity index is 1340. The van der Waals surface area contributed by atoms with Crippen LogP contribution in [0.4, 0.5) is 5.69 Å². The maximum Gasteiger partial charge on any atom is 0.256 e. The number of nitrogens with zero attached hydrogens (tertiary/aromatic N) is 1. The molecule has 29 heavy (non-hydrogen) atoms. The van der Waals surface area contributed by atoms with Crippen molar-refractivity contribution in [2.24, 2.45) is 0 Å². The van der Waals surface area contributed by atoms with E-state index < -0.39 is 0 Å². The Morgan fingerprint density at radius 1 is 0.828 bits per heavy atom. The molecule has 5 aromatic rings. The van der Waals surface area contributed by atoms with Gasteiger partial charge in [0.25, 0.3) is 5.91 Å². The Labute approximate surface area is 176 Å². The van der Waals surface area contributed by atoms with E-state index in [4.69, 9.17) is 16.6 Å². The number of aromatic nitrogens is 1. The molecule has 1 amide bonds. The van der Waals surface area contributed by atoms with Gasteiger partial charge < -0.3 is 5.32 Å². The van der Waals surface area contributed by atoms with Crippen molar-refractivity contribution in [2.75, 3.05) is 5.32 Å². The molecule has 0 saturated carbocycles.